The van der Waals surface area contributed by atoms with Gasteiger partial charge in [0.2, 0.25) is 0 Å². The molecule has 0 bridgehead atoms. The van der Waals surface area contributed by atoms with Crippen LogP contribution in [0.25, 0.3) is 0 Å². The van der Waals surface area contributed by atoms with Gasteiger partial charge in [-0.25, -0.2) is 4.39 Å². The minimum absolute atomic E-state index is 0. The van der Waals surface area contributed by atoms with E-state index in [1.807, 2.05) is 19.1 Å². The summed E-state index contributed by atoms with van der Waals surface area (Å²) < 4.78 is 30.0. The predicted molar refractivity (Wildman–Crippen MR) is 139 cm³/mol. The van der Waals surface area contributed by atoms with Crippen LogP contribution in [0, 0.1) is 5.82 Å². The lowest BCUT2D eigenvalue weighted by Crippen LogP contribution is -2.47. The van der Waals surface area contributed by atoms with Gasteiger partial charge in [-0.2, -0.15) is 0 Å². The number of benzene rings is 2. The van der Waals surface area contributed by atoms with Gasteiger partial charge in [0.25, 0.3) is 0 Å². The standard InChI is InChI=1S/C24H33FN4O3.HI/c1-18(32-22-6-4-5-20(25)15-22)16-27-24(26-2)28-17-23(29-11-13-31-14-12-29)19-7-9-21(30-3)10-8-19;/h4-10,15,18,23H,11-14,16-17H2,1-3H3,(H2,26,27,28);1H. The van der Waals surface area contributed by atoms with Crippen molar-refractivity contribution in [2.75, 3.05) is 53.6 Å². The summed E-state index contributed by atoms with van der Waals surface area (Å²) in [6.45, 7) is 6.36. The van der Waals surface area contributed by atoms with Crippen LogP contribution in [0.5, 0.6) is 11.5 Å². The van der Waals surface area contributed by atoms with Crippen molar-refractivity contribution >= 4 is 29.9 Å². The smallest absolute Gasteiger partial charge is 0.191 e. The normalized spacial score (nSPS) is 16.3. The number of nitrogens with one attached hydrogen (secondary N) is 2. The molecule has 1 fully saturated rings. The SMILES string of the molecule is CN=C(NCC(C)Oc1cccc(F)c1)NCC(c1ccc(OC)cc1)N1CCOCC1.I. The molecule has 0 radical (unpaired) electrons. The van der Waals surface area contributed by atoms with Crippen LogP contribution in [0.4, 0.5) is 4.39 Å². The summed E-state index contributed by atoms with van der Waals surface area (Å²) in [6, 6.07) is 14.5. The number of hydrogen-bond acceptors (Lipinski definition) is 5. The maximum absolute atomic E-state index is 13.4. The van der Waals surface area contributed by atoms with Crippen molar-refractivity contribution in [1.82, 2.24) is 15.5 Å². The van der Waals surface area contributed by atoms with Crippen LogP contribution in [0.15, 0.2) is 53.5 Å². The van der Waals surface area contributed by atoms with Gasteiger partial charge in [-0.3, -0.25) is 9.89 Å². The number of morpholine rings is 1. The Kier molecular flexibility index (Phi) is 11.7. The third kappa shape index (κ3) is 8.63. The van der Waals surface area contributed by atoms with E-state index in [1.165, 1.54) is 17.7 Å². The molecule has 3 rings (SSSR count). The lowest BCUT2D eigenvalue weighted by molar-refractivity contribution is 0.0170. The molecule has 1 aliphatic heterocycles. The van der Waals surface area contributed by atoms with Gasteiger partial charge in [0.15, 0.2) is 5.96 Å². The number of rotatable bonds is 9. The number of ether oxygens (including phenoxy) is 3. The second kappa shape index (κ2) is 14.2. The molecular formula is C24H34FIN4O3. The van der Waals surface area contributed by atoms with Gasteiger partial charge >= 0.3 is 0 Å². The van der Waals surface area contributed by atoms with Crippen molar-refractivity contribution < 1.29 is 18.6 Å². The van der Waals surface area contributed by atoms with Gasteiger partial charge in [-0.1, -0.05) is 18.2 Å². The maximum Gasteiger partial charge on any atom is 0.191 e. The van der Waals surface area contributed by atoms with Crippen molar-refractivity contribution in [2.45, 2.75) is 19.1 Å². The lowest BCUT2D eigenvalue weighted by Gasteiger charge is -2.35. The van der Waals surface area contributed by atoms with Gasteiger partial charge in [-0.05, 0) is 36.8 Å². The zero-order valence-corrected chi connectivity index (χ0v) is 21.8. The molecule has 2 aromatic carbocycles. The van der Waals surface area contributed by atoms with Crippen molar-refractivity contribution in [2.24, 2.45) is 4.99 Å². The molecule has 182 valence electrons. The van der Waals surface area contributed by atoms with Crippen LogP contribution >= 0.6 is 24.0 Å². The van der Waals surface area contributed by atoms with E-state index in [9.17, 15) is 4.39 Å². The average Bonchev–Trinajstić information content (AvgIpc) is 2.82. The minimum atomic E-state index is -0.312. The molecule has 0 spiro atoms. The van der Waals surface area contributed by atoms with Crippen LogP contribution in [0.2, 0.25) is 0 Å². The Morgan fingerprint density at radius 3 is 2.42 bits per heavy atom. The van der Waals surface area contributed by atoms with E-state index in [-0.39, 0.29) is 41.9 Å². The van der Waals surface area contributed by atoms with E-state index < -0.39 is 0 Å². The fourth-order valence-electron chi connectivity index (χ4n) is 3.64. The molecular weight excluding hydrogens is 538 g/mol. The third-order valence-corrected chi connectivity index (χ3v) is 5.36. The monoisotopic (exact) mass is 572 g/mol. The summed E-state index contributed by atoms with van der Waals surface area (Å²) in [4.78, 5) is 6.75. The third-order valence-electron chi connectivity index (χ3n) is 5.36. The van der Waals surface area contributed by atoms with E-state index in [4.69, 9.17) is 14.2 Å². The summed E-state index contributed by atoms with van der Waals surface area (Å²) in [6.07, 6.45) is -0.160. The number of aliphatic imine (C=N–C) groups is 1. The van der Waals surface area contributed by atoms with E-state index in [0.717, 1.165) is 32.1 Å². The summed E-state index contributed by atoms with van der Waals surface area (Å²) in [7, 11) is 3.41. The summed E-state index contributed by atoms with van der Waals surface area (Å²) >= 11 is 0. The molecule has 9 heteroatoms. The topological polar surface area (TPSA) is 67.4 Å². The predicted octanol–water partition coefficient (Wildman–Crippen LogP) is 3.46. The summed E-state index contributed by atoms with van der Waals surface area (Å²) in [5, 5.41) is 6.72. The van der Waals surface area contributed by atoms with E-state index in [0.29, 0.717) is 24.8 Å². The first kappa shape index (κ1) is 27.1. The largest absolute Gasteiger partial charge is 0.497 e. The lowest BCUT2D eigenvalue weighted by atomic mass is 10.0. The Hall–Kier alpha value is -2.11. The number of methoxy groups -OCH3 is 1. The molecule has 0 amide bonds. The quantitative estimate of drug-likeness (QED) is 0.273. The highest BCUT2D eigenvalue weighted by Crippen LogP contribution is 2.23. The van der Waals surface area contributed by atoms with Crippen molar-refractivity contribution in [3.63, 3.8) is 0 Å². The summed E-state index contributed by atoms with van der Waals surface area (Å²) in [5.74, 6) is 1.72. The first-order valence-corrected chi connectivity index (χ1v) is 10.9. The highest BCUT2D eigenvalue weighted by atomic mass is 127. The van der Waals surface area contributed by atoms with Crippen molar-refractivity contribution in [3.05, 3.63) is 59.9 Å². The van der Waals surface area contributed by atoms with E-state index >= 15 is 0 Å². The molecule has 1 aliphatic rings. The zero-order chi connectivity index (χ0) is 22.8. The molecule has 1 saturated heterocycles. The molecule has 2 atom stereocenters. The number of hydrogen-bond donors (Lipinski definition) is 2. The minimum Gasteiger partial charge on any atom is -0.497 e. The van der Waals surface area contributed by atoms with Crippen LogP contribution in [-0.4, -0.2) is 70.5 Å². The second-order valence-electron chi connectivity index (χ2n) is 7.66. The highest BCUT2D eigenvalue weighted by molar-refractivity contribution is 14.0. The van der Waals surface area contributed by atoms with Gasteiger partial charge in [0.05, 0.1) is 32.9 Å². The van der Waals surface area contributed by atoms with Crippen LogP contribution in [0.3, 0.4) is 0 Å². The zero-order valence-electron chi connectivity index (χ0n) is 19.4. The Labute approximate surface area is 212 Å². The van der Waals surface area contributed by atoms with Crippen LogP contribution in [0.1, 0.15) is 18.5 Å². The fraction of sp³-hybridized carbons (Fsp3) is 0.458. The average molecular weight is 572 g/mol. The Morgan fingerprint density at radius 1 is 1.09 bits per heavy atom. The van der Waals surface area contributed by atoms with Crippen molar-refractivity contribution in [3.8, 4) is 11.5 Å². The second-order valence-corrected chi connectivity index (χ2v) is 7.66. The molecule has 0 saturated carbocycles. The number of halogens is 2. The highest BCUT2D eigenvalue weighted by Gasteiger charge is 2.23. The summed E-state index contributed by atoms with van der Waals surface area (Å²) in [5.41, 5.74) is 1.21. The Balaban J connectivity index is 0.00000385. The Morgan fingerprint density at radius 2 is 1.79 bits per heavy atom. The molecule has 1 heterocycles. The first-order valence-electron chi connectivity index (χ1n) is 10.9. The molecule has 7 nitrogen and oxygen atoms in total. The molecule has 33 heavy (non-hydrogen) atoms. The molecule has 2 aromatic rings. The molecule has 2 unspecified atom stereocenters. The van der Waals surface area contributed by atoms with Gasteiger partial charge < -0.3 is 24.8 Å². The van der Waals surface area contributed by atoms with E-state index in [2.05, 4.69) is 32.7 Å². The number of nitrogens with zero attached hydrogens (tertiary/aromatic N) is 2. The fourth-order valence-corrected chi connectivity index (χ4v) is 3.64. The van der Waals surface area contributed by atoms with Crippen LogP contribution in [-0.2, 0) is 4.74 Å². The van der Waals surface area contributed by atoms with Gasteiger partial charge in [0, 0.05) is 32.7 Å². The molecule has 0 aliphatic carbocycles. The first-order chi connectivity index (χ1) is 15.6. The van der Waals surface area contributed by atoms with Crippen molar-refractivity contribution in [1.29, 1.82) is 0 Å². The van der Waals surface area contributed by atoms with Crippen LogP contribution < -0.4 is 20.1 Å². The van der Waals surface area contributed by atoms with E-state index in [1.54, 1.807) is 26.3 Å². The number of guanidine groups is 1. The van der Waals surface area contributed by atoms with Gasteiger partial charge in [-0.15, -0.1) is 24.0 Å². The molecule has 0 aromatic heterocycles. The maximum atomic E-state index is 13.4. The Bertz CT molecular complexity index is 863. The molecule has 2 N–H and O–H groups in total. The van der Waals surface area contributed by atoms with Gasteiger partial charge in [0.1, 0.15) is 23.4 Å².